The molecular formula is C19H22ClN5O2S. The predicted octanol–water partition coefficient (Wildman–Crippen LogP) is 2.40. The molecule has 2 fully saturated rings. The van der Waals surface area contributed by atoms with Gasteiger partial charge in [-0.25, -0.2) is 0 Å². The van der Waals surface area contributed by atoms with Crippen molar-refractivity contribution in [2.24, 2.45) is 5.92 Å². The van der Waals surface area contributed by atoms with Crippen molar-refractivity contribution in [3.63, 3.8) is 0 Å². The minimum Gasteiger partial charge on any atom is -0.339 e. The number of nitrogens with zero attached hydrogens (tertiary/aromatic N) is 5. The Balaban J connectivity index is 1.33. The van der Waals surface area contributed by atoms with E-state index in [2.05, 4.69) is 10.2 Å². The summed E-state index contributed by atoms with van der Waals surface area (Å²) in [5.41, 5.74) is 1.87. The lowest BCUT2D eigenvalue weighted by atomic mass is 10.2. The summed E-state index contributed by atoms with van der Waals surface area (Å²) in [7, 11) is 0. The maximum absolute atomic E-state index is 12.6. The molecule has 0 N–H and O–H groups in total. The molecule has 2 amide bonds. The van der Waals surface area contributed by atoms with Gasteiger partial charge in [0.25, 0.3) is 0 Å². The topological polar surface area (TPSA) is 71.3 Å². The molecule has 2 heterocycles. The molecule has 0 bridgehead atoms. The van der Waals surface area contributed by atoms with E-state index in [1.165, 1.54) is 11.8 Å². The van der Waals surface area contributed by atoms with Gasteiger partial charge in [-0.15, -0.1) is 10.2 Å². The van der Waals surface area contributed by atoms with Crippen molar-refractivity contribution in [3.8, 4) is 5.69 Å². The fourth-order valence-electron chi connectivity index (χ4n) is 3.21. The van der Waals surface area contributed by atoms with Gasteiger partial charge in [-0.05, 0) is 37.5 Å². The molecule has 0 unspecified atom stereocenters. The van der Waals surface area contributed by atoms with Crippen molar-refractivity contribution in [2.45, 2.75) is 24.9 Å². The monoisotopic (exact) mass is 419 g/mol. The molecule has 1 saturated heterocycles. The number of hydrogen-bond acceptors (Lipinski definition) is 5. The fourth-order valence-corrected chi connectivity index (χ4v) is 4.22. The summed E-state index contributed by atoms with van der Waals surface area (Å²) in [4.78, 5) is 28.4. The third-order valence-corrected chi connectivity index (χ3v) is 6.48. The van der Waals surface area contributed by atoms with E-state index in [0.29, 0.717) is 36.4 Å². The highest BCUT2D eigenvalue weighted by atomic mass is 35.5. The van der Waals surface area contributed by atoms with Gasteiger partial charge >= 0.3 is 0 Å². The van der Waals surface area contributed by atoms with E-state index in [0.717, 1.165) is 24.1 Å². The highest BCUT2D eigenvalue weighted by Gasteiger charge is 2.35. The van der Waals surface area contributed by atoms with Crippen LogP contribution in [0.4, 0.5) is 0 Å². The van der Waals surface area contributed by atoms with E-state index in [1.807, 2.05) is 39.5 Å². The zero-order chi connectivity index (χ0) is 19.7. The standard InChI is InChI=1S/C19H22ClN5O2S/c1-13-2-5-15(10-16(13)20)25-12-21-22-19(25)28-11-17(26)23-6-8-24(9-7-23)18(27)14-3-4-14/h2,5,10,12,14H,3-4,6-9,11H2,1H3. The van der Waals surface area contributed by atoms with E-state index in [1.54, 1.807) is 6.33 Å². The Morgan fingerprint density at radius 1 is 1.18 bits per heavy atom. The first-order chi connectivity index (χ1) is 13.5. The number of amides is 2. The van der Waals surface area contributed by atoms with E-state index in [4.69, 9.17) is 11.6 Å². The molecule has 7 nitrogen and oxygen atoms in total. The normalized spacial score (nSPS) is 17.1. The van der Waals surface area contributed by atoms with Crippen molar-refractivity contribution in [1.29, 1.82) is 0 Å². The van der Waals surface area contributed by atoms with Crippen LogP contribution in [0, 0.1) is 12.8 Å². The van der Waals surface area contributed by atoms with Gasteiger partial charge in [0, 0.05) is 37.1 Å². The first kappa shape index (κ1) is 19.3. The van der Waals surface area contributed by atoms with Crippen LogP contribution in [0.5, 0.6) is 0 Å². The number of carbonyl (C=O) groups is 2. The maximum atomic E-state index is 12.6. The van der Waals surface area contributed by atoms with Crippen LogP contribution in [0.25, 0.3) is 5.69 Å². The SMILES string of the molecule is Cc1ccc(-n2cnnc2SCC(=O)N2CCN(C(=O)C3CC3)CC2)cc1Cl. The first-order valence-corrected chi connectivity index (χ1v) is 10.7. The molecule has 4 rings (SSSR count). The Bertz CT molecular complexity index is 890. The molecular weight excluding hydrogens is 398 g/mol. The van der Waals surface area contributed by atoms with Crippen molar-refractivity contribution in [1.82, 2.24) is 24.6 Å². The second kappa shape index (κ2) is 8.13. The second-order valence-electron chi connectivity index (χ2n) is 7.19. The summed E-state index contributed by atoms with van der Waals surface area (Å²) < 4.78 is 1.83. The quantitative estimate of drug-likeness (QED) is 0.696. The summed E-state index contributed by atoms with van der Waals surface area (Å²) in [6, 6.07) is 5.76. The Hall–Kier alpha value is -2.06. The number of thioether (sulfide) groups is 1. The molecule has 0 radical (unpaired) electrons. The third kappa shape index (κ3) is 4.17. The second-order valence-corrected chi connectivity index (χ2v) is 8.54. The summed E-state index contributed by atoms with van der Waals surface area (Å²) in [6.45, 7) is 4.40. The Morgan fingerprint density at radius 3 is 2.57 bits per heavy atom. The highest BCUT2D eigenvalue weighted by Crippen LogP contribution is 2.31. The molecule has 1 aromatic carbocycles. The Labute approximate surface area is 173 Å². The number of carbonyl (C=O) groups excluding carboxylic acids is 2. The predicted molar refractivity (Wildman–Crippen MR) is 108 cm³/mol. The molecule has 0 atom stereocenters. The van der Waals surface area contributed by atoms with Gasteiger partial charge in [-0.2, -0.15) is 0 Å². The average Bonchev–Trinajstić information content (AvgIpc) is 3.46. The average molecular weight is 420 g/mol. The molecule has 2 aromatic rings. The lowest BCUT2D eigenvalue weighted by Crippen LogP contribution is -2.51. The maximum Gasteiger partial charge on any atom is 0.233 e. The smallest absolute Gasteiger partial charge is 0.233 e. The van der Waals surface area contributed by atoms with Crippen LogP contribution in [-0.2, 0) is 9.59 Å². The molecule has 1 aromatic heterocycles. The van der Waals surface area contributed by atoms with Gasteiger partial charge < -0.3 is 9.80 Å². The highest BCUT2D eigenvalue weighted by molar-refractivity contribution is 7.99. The molecule has 28 heavy (non-hydrogen) atoms. The van der Waals surface area contributed by atoms with Crippen molar-refractivity contribution >= 4 is 35.2 Å². The minimum absolute atomic E-state index is 0.0556. The molecule has 9 heteroatoms. The fraction of sp³-hybridized carbons (Fsp3) is 0.474. The van der Waals surface area contributed by atoms with Crippen LogP contribution < -0.4 is 0 Å². The number of halogens is 1. The van der Waals surface area contributed by atoms with Crippen molar-refractivity contribution in [3.05, 3.63) is 35.1 Å². The minimum atomic E-state index is 0.0556. The van der Waals surface area contributed by atoms with Crippen molar-refractivity contribution in [2.75, 3.05) is 31.9 Å². The van der Waals surface area contributed by atoms with Crippen LogP contribution in [0.3, 0.4) is 0 Å². The number of aromatic nitrogens is 3. The van der Waals surface area contributed by atoms with Crippen LogP contribution in [-0.4, -0.2) is 68.3 Å². The Kier molecular flexibility index (Phi) is 5.59. The van der Waals surface area contributed by atoms with Crippen LogP contribution >= 0.6 is 23.4 Å². The summed E-state index contributed by atoms with van der Waals surface area (Å²) in [5, 5.41) is 9.43. The third-order valence-electron chi connectivity index (χ3n) is 5.15. The molecule has 2 aliphatic rings. The number of hydrogen-bond donors (Lipinski definition) is 0. The molecule has 148 valence electrons. The lowest BCUT2D eigenvalue weighted by Gasteiger charge is -2.34. The Morgan fingerprint density at radius 2 is 1.89 bits per heavy atom. The van der Waals surface area contributed by atoms with Crippen LogP contribution in [0.1, 0.15) is 18.4 Å². The van der Waals surface area contributed by atoms with E-state index in [-0.39, 0.29) is 23.5 Å². The molecule has 0 spiro atoms. The molecule has 1 aliphatic carbocycles. The van der Waals surface area contributed by atoms with Crippen LogP contribution in [0.15, 0.2) is 29.7 Å². The number of piperazine rings is 1. The van der Waals surface area contributed by atoms with Gasteiger partial charge in [0.15, 0.2) is 5.16 Å². The first-order valence-electron chi connectivity index (χ1n) is 9.39. The summed E-state index contributed by atoms with van der Waals surface area (Å²) >= 11 is 7.58. The molecule has 1 aliphatic heterocycles. The van der Waals surface area contributed by atoms with Gasteiger partial charge in [-0.1, -0.05) is 29.4 Å². The number of aryl methyl sites for hydroxylation is 1. The lowest BCUT2D eigenvalue weighted by molar-refractivity contribution is -0.139. The number of rotatable bonds is 5. The van der Waals surface area contributed by atoms with E-state index in [9.17, 15) is 9.59 Å². The van der Waals surface area contributed by atoms with Gasteiger partial charge in [0.05, 0.1) is 11.4 Å². The molecule has 1 saturated carbocycles. The zero-order valence-corrected chi connectivity index (χ0v) is 17.2. The number of benzene rings is 1. The van der Waals surface area contributed by atoms with Crippen molar-refractivity contribution < 1.29 is 9.59 Å². The van der Waals surface area contributed by atoms with Gasteiger partial charge in [0.2, 0.25) is 11.8 Å². The summed E-state index contributed by atoms with van der Waals surface area (Å²) in [5.74, 6) is 0.834. The van der Waals surface area contributed by atoms with E-state index < -0.39 is 0 Å². The zero-order valence-electron chi connectivity index (χ0n) is 15.7. The van der Waals surface area contributed by atoms with Crippen LogP contribution in [0.2, 0.25) is 5.02 Å². The van der Waals surface area contributed by atoms with Gasteiger partial charge in [-0.3, -0.25) is 14.2 Å². The van der Waals surface area contributed by atoms with Gasteiger partial charge in [0.1, 0.15) is 6.33 Å². The largest absolute Gasteiger partial charge is 0.339 e. The van der Waals surface area contributed by atoms with E-state index >= 15 is 0 Å². The summed E-state index contributed by atoms with van der Waals surface area (Å²) in [6.07, 6.45) is 3.65.